The predicted molar refractivity (Wildman–Crippen MR) is 33.4 cm³/mol. The van der Waals surface area contributed by atoms with E-state index in [-0.39, 0.29) is 5.70 Å². The Morgan fingerprint density at radius 2 is 2.33 bits per heavy atom. The third kappa shape index (κ3) is 3.18. The second-order valence-corrected chi connectivity index (χ2v) is 1.30. The van der Waals surface area contributed by atoms with Crippen LogP contribution in [0.15, 0.2) is 11.8 Å². The smallest absolute Gasteiger partial charge is 0.352 e. The number of aliphatic carboxylic acids is 1. The first-order valence-corrected chi connectivity index (χ1v) is 2.29. The summed E-state index contributed by atoms with van der Waals surface area (Å²) in [6.07, 6.45) is 1.16. The minimum atomic E-state index is -1.14. The lowest BCUT2D eigenvalue weighted by molar-refractivity contribution is -0.132. The van der Waals surface area contributed by atoms with Gasteiger partial charge in [-0.1, -0.05) is 5.92 Å². The van der Waals surface area contributed by atoms with Crippen molar-refractivity contribution in [2.45, 2.75) is 6.92 Å². The zero-order valence-electron chi connectivity index (χ0n) is 5.01. The van der Waals surface area contributed by atoms with Crippen molar-refractivity contribution < 1.29 is 9.90 Å². The number of carbonyl (C=O) groups is 1. The van der Waals surface area contributed by atoms with Crippen molar-refractivity contribution in [1.82, 2.24) is 0 Å². The highest BCUT2D eigenvalue weighted by molar-refractivity contribution is 5.85. The maximum absolute atomic E-state index is 9.94. The maximum atomic E-state index is 9.94. The average Bonchev–Trinajstić information content (AvgIpc) is 1.82. The summed E-state index contributed by atoms with van der Waals surface area (Å²) in [7, 11) is 0. The van der Waals surface area contributed by atoms with Crippen LogP contribution in [0.1, 0.15) is 6.92 Å². The van der Waals surface area contributed by atoms with Gasteiger partial charge in [-0.25, -0.2) is 4.79 Å². The highest BCUT2D eigenvalue weighted by Gasteiger charge is 1.96. The van der Waals surface area contributed by atoms with E-state index in [1.807, 2.05) is 0 Å². The van der Waals surface area contributed by atoms with Gasteiger partial charge in [0.15, 0.2) is 0 Å². The van der Waals surface area contributed by atoms with Crippen LogP contribution in [0.5, 0.6) is 0 Å². The van der Waals surface area contributed by atoms with E-state index in [1.54, 1.807) is 6.92 Å². The second-order valence-electron chi connectivity index (χ2n) is 1.30. The number of rotatable bonds is 1. The first-order valence-electron chi connectivity index (χ1n) is 2.29. The number of carboxylic acid groups (broad SMARTS) is 1. The summed E-state index contributed by atoms with van der Waals surface area (Å²) >= 11 is 0. The Labute approximate surface area is 53.2 Å². The van der Waals surface area contributed by atoms with Crippen LogP contribution in [-0.4, -0.2) is 11.1 Å². The van der Waals surface area contributed by atoms with Crippen molar-refractivity contribution in [3.05, 3.63) is 11.8 Å². The molecule has 0 unspecified atom stereocenters. The molecule has 3 heteroatoms. The van der Waals surface area contributed by atoms with Gasteiger partial charge in [0.25, 0.3) is 0 Å². The SMILES string of the molecule is CC#C/C=C(/N)C(=O)O. The number of hydrogen-bond acceptors (Lipinski definition) is 2. The summed E-state index contributed by atoms with van der Waals surface area (Å²) in [6, 6.07) is 0. The quantitative estimate of drug-likeness (QED) is 0.381. The fourth-order valence-corrected chi connectivity index (χ4v) is 0.212. The topological polar surface area (TPSA) is 63.3 Å². The molecule has 0 saturated heterocycles. The van der Waals surface area contributed by atoms with E-state index in [4.69, 9.17) is 10.8 Å². The van der Waals surface area contributed by atoms with Crippen LogP contribution in [-0.2, 0) is 4.79 Å². The van der Waals surface area contributed by atoms with Crippen LogP contribution in [0.3, 0.4) is 0 Å². The number of allylic oxidation sites excluding steroid dienone is 1. The molecule has 0 aromatic heterocycles. The number of carboxylic acids is 1. The Hall–Kier alpha value is -1.43. The molecule has 0 fully saturated rings. The largest absolute Gasteiger partial charge is 0.477 e. The fourth-order valence-electron chi connectivity index (χ4n) is 0.212. The molecule has 0 atom stereocenters. The summed E-state index contributed by atoms with van der Waals surface area (Å²) < 4.78 is 0. The number of hydrogen-bond donors (Lipinski definition) is 2. The highest BCUT2D eigenvalue weighted by Crippen LogP contribution is 1.79. The molecular weight excluding hydrogens is 118 g/mol. The molecule has 0 aromatic rings. The molecule has 0 heterocycles. The average molecular weight is 125 g/mol. The third-order valence-corrected chi connectivity index (χ3v) is 0.619. The van der Waals surface area contributed by atoms with Crippen LogP contribution in [0, 0.1) is 11.8 Å². The zero-order chi connectivity index (χ0) is 7.28. The molecule has 0 aliphatic rings. The standard InChI is InChI=1S/C6H7NO2/c1-2-3-4-5(7)6(8)9/h4H,7H2,1H3,(H,8,9)/b5-4+. The Bertz CT molecular complexity index is 195. The van der Waals surface area contributed by atoms with Gasteiger partial charge in [-0.15, -0.1) is 5.92 Å². The van der Waals surface area contributed by atoms with Crippen molar-refractivity contribution in [3.63, 3.8) is 0 Å². The molecule has 0 rings (SSSR count). The van der Waals surface area contributed by atoms with Crippen LogP contribution in [0.25, 0.3) is 0 Å². The van der Waals surface area contributed by atoms with Crippen molar-refractivity contribution in [3.8, 4) is 11.8 Å². The van der Waals surface area contributed by atoms with E-state index in [9.17, 15) is 4.79 Å². The highest BCUT2D eigenvalue weighted by atomic mass is 16.4. The van der Waals surface area contributed by atoms with Crippen molar-refractivity contribution in [2.24, 2.45) is 5.73 Å². The molecule has 3 nitrogen and oxygen atoms in total. The molecule has 0 aliphatic heterocycles. The molecule has 0 spiro atoms. The monoisotopic (exact) mass is 125 g/mol. The van der Waals surface area contributed by atoms with Gasteiger partial charge in [-0.05, 0) is 6.92 Å². The fraction of sp³-hybridized carbons (Fsp3) is 0.167. The molecule has 0 bridgehead atoms. The maximum Gasteiger partial charge on any atom is 0.352 e. The summed E-state index contributed by atoms with van der Waals surface area (Å²) in [5.74, 6) is 3.75. The van der Waals surface area contributed by atoms with Gasteiger partial charge >= 0.3 is 5.97 Å². The summed E-state index contributed by atoms with van der Waals surface area (Å²) in [4.78, 5) is 9.94. The molecule has 0 radical (unpaired) electrons. The summed E-state index contributed by atoms with van der Waals surface area (Å²) in [5, 5.41) is 8.15. The number of nitrogens with two attached hydrogens (primary N) is 1. The molecular formula is C6H7NO2. The van der Waals surface area contributed by atoms with Gasteiger partial charge in [-0.2, -0.15) is 0 Å². The van der Waals surface area contributed by atoms with Crippen LogP contribution in [0.2, 0.25) is 0 Å². The summed E-state index contributed by atoms with van der Waals surface area (Å²) in [6.45, 7) is 1.60. The molecule has 0 amide bonds. The van der Waals surface area contributed by atoms with Crippen molar-refractivity contribution >= 4 is 5.97 Å². The van der Waals surface area contributed by atoms with E-state index in [0.29, 0.717) is 0 Å². The normalized spacial score (nSPS) is 9.67. The van der Waals surface area contributed by atoms with Gasteiger partial charge in [-0.3, -0.25) is 0 Å². The van der Waals surface area contributed by atoms with Crippen molar-refractivity contribution in [2.75, 3.05) is 0 Å². The molecule has 0 aliphatic carbocycles. The van der Waals surface area contributed by atoms with E-state index in [2.05, 4.69) is 11.8 Å². The Balaban J connectivity index is 4.11. The van der Waals surface area contributed by atoms with Crippen LogP contribution < -0.4 is 5.73 Å². The van der Waals surface area contributed by atoms with Crippen LogP contribution >= 0.6 is 0 Å². The van der Waals surface area contributed by atoms with E-state index in [0.717, 1.165) is 6.08 Å². The molecule has 0 saturated carbocycles. The van der Waals surface area contributed by atoms with Gasteiger partial charge in [0.05, 0.1) is 0 Å². The minimum absolute atomic E-state index is 0.232. The lowest BCUT2D eigenvalue weighted by atomic mass is 10.4. The Kier molecular flexibility index (Phi) is 2.99. The second kappa shape index (κ2) is 3.56. The third-order valence-electron chi connectivity index (χ3n) is 0.619. The molecule has 48 valence electrons. The van der Waals surface area contributed by atoms with Gasteiger partial charge in [0.1, 0.15) is 5.70 Å². The Morgan fingerprint density at radius 1 is 1.78 bits per heavy atom. The molecule has 9 heavy (non-hydrogen) atoms. The van der Waals surface area contributed by atoms with E-state index < -0.39 is 5.97 Å². The summed E-state index contributed by atoms with van der Waals surface area (Å²) in [5.41, 5.74) is 4.73. The molecule has 3 N–H and O–H groups in total. The van der Waals surface area contributed by atoms with Gasteiger partial charge in [0, 0.05) is 6.08 Å². The predicted octanol–water partition coefficient (Wildman–Crippen LogP) is -0.0631. The Morgan fingerprint density at radius 3 is 2.67 bits per heavy atom. The molecule has 0 aromatic carbocycles. The zero-order valence-corrected chi connectivity index (χ0v) is 5.01. The van der Waals surface area contributed by atoms with Gasteiger partial charge in [0.2, 0.25) is 0 Å². The van der Waals surface area contributed by atoms with E-state index >= 15 is 0 Å². The van der Waals surface area contributed by atoms with E-state index in [1.165, 1.54) is 0 Å². The lowest BCUT2D eigenvalue weighted by Crippen LogP contribution is -2.08. The van der Waals surface area contributed by atoms with Crippen LogP contribution in [0.4, 0.5) is 0 Å². The lowest BCUT2D eigenvalue weighted by Gasteiger charge is -1.84. The van der Waals surface area contributed by atoms with Gasteiger partial charge < -0.3 is 10.8 Å². The first-order chi connectivity index (χ1) is 4.18. The first kappa shape index (κ1) is 7.57. The van der Waals surface area contributed by atoms with Crippen molar-refractivity contribution in [1.29, 1.82) is 0 Å². The minimum Gasteiger partial charge on any atom is -0.477 e.